The second-order valence-corrected chi connectivity index (χ2v) is 13.9. The summed E-state index contributed by atoms with van der Waals surface area (Å²) in [7, 11) is 0. The number of carbonyl (C=O) groups is 4. The third-order valence-electron chi connectivity index (χ3n) is 10.2. The first kappa shape index (κ1) is 34.3. The Labute approximate surface area is 302 Å². The zero-order chi connectivity index (χ0) is 35.4. The first-order valence-electron chi connectivity index (χ1n) is 17.4. The molecule has 0 aromatic heterocycles. The summed E-state index contributed by atoms with van der Waals surface area (Å²) in [6.07, 6.45) is 1.59. The van der Waals surface area contributed by atoms with E-state index in [1.165, 1.54) is 5.56 Å². The van der Waals surface area contributed by atoms with Crippen molar-refractivity contribution in [1.82, 2.24) is 20.4 Å². The van der Waals surface area contributed by atoms with Gasteiger partial charge in [0.15, 0.2) is 0 Å². The lowest BCUT2D eigenvalue weighted by molar-refractivity contribution is -0.141. The van der Waals surface area contributed by atoms with Crippen molar-refractivity contribution in [3.63, 3.8) is 0 Å². The van der Waals surface area contributed by atoms with Gasteiger partial charge >= 0.3 is 0 Å². The van der Waals surface area contributed by atoms with Gasteiger partial charge in [-0.2, -0.15) is 0 Å². The minimum atomic E-state index is -0.917. The highest BCUT2D eigenvalue weighted by atomic mass is 35.5. The summed E-state index contributed by atoms with van der Waals surface area (Å²) >= 11 is 6.15. The maximum atomic E-state index is 14.3. The van der Waals surface area contributed by atoms with Crippen molar-refractivity contribution in [3.8, 4) is 0 Å². The van der Waals surface area contributed by atoms with E-state index in [0.29, 0.717) is 56.0 Å². The number of para-hydroxylation sites is 2. The van der Waals surface area contributed by atoms with Crippen molar-refractivity contribution in [3.05, 3.63) is 131 Å². The van der Waals surface area contributed by atoms with Gasteiger partial charge in [-0.05, 0) is 72.4 Å². The minimum Gasteiger partial charge on any atom is -0.343 e. The molecule has 3 N–H and O–H groups in total. The number of rotatable bonds is 9. The smallest absolute Gasteiger partial charge is 0.250 e. The third-order valence-corrected chi connectivity index (χ3v) is 10.5. The summed E-state index contributed by atoms with van der Waals surface area (Å²) in [5.74, 6) is -0.823. The van der Waals surface area contributed by atoms with Crippen LogP contribution in [0.25, 0.3) is 0 Å². The molecule has 3 aliphatic rings. The van der Waals surface area contributed by atoms with Crippen LogP contribution in [0.5, 0.6) is 0 Å². The fourth-order valence-electron chi connectivity index (χ4n) is 7.50. The lowest BCUT2D eigenvalue weighted by Crippen LogP contribution is -2.60. The van der Waals surface area contributed by atoms with Gasteiger partial charge in [-0.3, -0.25) is 19.2 Å². The Morgan fingerprint density at radius 3 is 2.20 bits per heavy atom. The fraction of sp³-hybridized carbons (Fsp3) is 0.300. The van der Waals surface area contributed by atoms with Gasteiger partial charge in [-0.25, -0.2) is 0 Å². The van der Waals surface area contributed by atoms with Crippen molar-refractivity contribution in [2.45, 2.75) is 49.9 Å². The maximum Gasteiger partial charge on any atom is 0.250 e. The Bertz CT molecular complexity index is 1880. The van der Waals surface area contributed by atoms with E-state index in [0.717, 1.165) is 16.8 Å². The summed E-state index contributed by atoms with van der Waals surface area (Å²) in [5, 5.41) is 9.88. The second kappa shape index (κ2) is 15.0. The van der Waals surface area contributed by atoms with E-state index >= 15 is 0 Å². The quantitative estimate of drug-likeness (QED) is 0.238. The van der Waals surface area contributed by atoms with Crippen LogP contribution in [0, 0.1) is 0 Å². The number of fused-ring (bicyclic) bond motifs is 1. The molecule has 2 atom stereocenters. The molecule has 0 aliphatic carbocycles. The van der Waals surface area contributed by atoms with Crippen LogP contribution in [-0.4, -0.2) is 77.4 Å². The van der Waals surface area contributed by atoms with E-state index in [1.54, 1.807) is 21.9 Å². The number of amides is 4. The van der Waals surface area contributed by atoms with Crippen molar-refractivity contribution < 1.29 is 19.2 Å². The highest BCUT2D eigenvalue weighted by Crippen LogP contribution is 2.39. The van der Waals surface area contributed by atoms with Gasteiger partial charge < -0.3 is 30.7 Å². The van der Waals surface area contributed by atoms with Gasteiger partial charge in [-0.15, -0.1) is 0 Å². The SMILES string of the molecule is O=C(CN1CN(c2ccccc2)C2(CCN(C(=O)[C@@H](Cc3ccc(Cl)cc3)NC(=O)[C@H]3Cc4ccccc4CN3)CC2)C1=O)Nc1ccccc1. The van der Waals surface area contributed by atoms with Crippen LogP contribution in [0.2, 0.25) is 5.02 Å². The number of nitrogens with one attached hydrogen (secondary N) is 3. The highest BCUT2D eigenvalue weighted by molar-refractivity contribution is 6.30. The Hall–Kier alpha value is -5.19. The number of hydrogen-bond acceptors (Lipinski definition) is 6. The molecule has 0 saturated carbocycles. The van der Waals surface area contributed by atoms with Crippen LogP contribution in [0.1, 0.15) is 29.5 Å². The number of carbonyl (C=O) groups excluding carboxylic acids is 4. The normalized spacial score (nSPS) is 18.6. The van der Waals surface area contributed by atoms with Crippen molar-refractivity contribution in [2.75, 3.05) is 36.5 Å². The van der Waals surface area contributed by atoms with Gasteiger partial charge in [0.25, 0.3) is 5.91 Å². The van der Waals surface area contributed by atoms with E-state index in [4.69, 9.17) is 11.6 Å². The number of benzene rings is 4. The second-order valence-electron chi connectivity index (χ2n) is 13.5. The Morgan fingerprint density at radius 2 is 1.49 bits per heavy atom. The lowest BCUT2D eigenvalue weighted by Gasteiger charge is -2.44. The van der Waals surface area contributed by atoms with Crippen LogP contribution < -0.4 is 20.9 Å². The molecule has 0 bridgehead atoms. The average molecular weight is 705 g/mol. The molecule has 4 amide bonds. The molecule has 4 aromatic rings. The van der Waals surface area contributed by atoms with Crippen LogP contribution in [0.3, 0.4) is 0 Å². The molecular weight excluding hydrogens is 664 g/mol. The number of piperidine rings is 1. The van der Waals surface area contributed by atoms with Gasteiger partial charge in [0.05, 0.1) is 12.7 Å². The Morgan fingerprint density at radius 1 is 0.843 bits per heavy atom. The Kier molecular flexibility index (Phi) is 10.1. The summed E-state index contributed by atoms with van der Waals surface area (Å²) < 4.78 is 0. The molecule has 262 valence electrons. The van der Waals surface area contributed by atoms with Crippen LogP contribution in [-0.2, 0) is 38.6 Å². The number of nitrogens with zero attached hydrogens (tertiary/aromatic N) is 3. The lowest BCUT2D eigenvalue weighted by atomic mass is 9.85. The Balaban J connectivity index is 1.07. The topological polar surface area (TPSA) is 114 Å². The van der Waals surface area contributed by atoms with E-state index in [2.05, 4.69) is 26.9 Å². The van der Waals surface area contributed by atoms with Crippen molar-refractivity contribution in [1.29, 1.82) is 0 Å². The monoisotopic (exact) mass is 704 g/mol. The predicted molar refractivity (Wildman–Crippen MR) is 197 cm³/mol. The number of hydrogen-bond donors (Lipinski definition) is 3. The van der Waals surface area contributed by atoms with E-state index < -0.39 is 17.6 Å². The molecule has 3 aliphatic heterocycles. The molecule has 4 aromatic carbocycles. The minimum absolute atomic E-state index is 0.0870. The largest absolute Gasteiger partial charge is 0.343 e. The summed E-state index contributed by atoms with van der Waals surface area (Å²) in [4.78, 5) is 60.7. The number of likely N-dealkylation sites (tertiary alicyclic amines) is 1. The zero-order valence-electron chi connectivity index (χ0n) is 28.3. The first-order chi connectivity index (χ1) is 24.8. The van der Waals surface area contributed by atoms with Crippen molar-refractivity contribution in [2.24, 2.45) is 0 Å². The molecule has 1 spiro atoms. The molecule has 10 nitrogen and oxygen atoms in total. The molecule has 3 heterocycles. The molecular formula is C40H41ClN6O4. The maximum absolute atomic E-state index is 14.3. The van der Waals surface area contributed by atoms with E-state index in [9.17, 15) is 19.2 Å². The number of anilines is 2. The van der Waals surface area contributed by atoms with Crippen LogP contribution in [0.15, 0.2) is 109 Å². The van der Waals surface area contributed by atoms with Gasteiger partial charge in [0.1, 0.15) is 18.1 Å². The zero-order valence-corrected chi connectivity index (χ0v) is 29.0. The number of halogens is 1. The molecule has 51 heavy (non-hydrogen) atoms. The summed E-state index contributed by atoms with van der Waals surface area (Å²) in [6, 6.07) is 33.0. The van der Waals surface area contributed by atoms with E-state index in [1.807, 2.05) is 91.0 Å². The molecule has 0 radical (unpaired) electrons. The predicted octanol–water partition coefficient (Wildman–Crippen LogP) is 4.39. The fourth-order valence-corrected chi connectivity index (χ4v) is 7.63. The molecule has 0 unspecified atom stereocenters. The van der Waals surface area contributed by atoms with Gasteiger partial charge in [0.2, 0.25) is 17.7 Å². The third kappa shape index (κ3) is 7.48. The van der Waals surface area contributed by atoms with Gasteiger partial charge in [0, 0.05) is 42.5 Å². The molecule has 2 saturated heterocycles. The highest BCUT2D eigenvalue weighted by Gasteiger charge is 2.54. The van der Waals surface area contributed by atoms with Crippen LogP contribution in [0.4, 0.5) is 11.4 Å². The van der Waals surface area contributed by atoms with Gasteiger partial charge in [-0.1, -0.05) is 84.4 Å². The standard InChI is InChI=1S/C40H41ClN6O4/c41-31-17-15-28(16-18-31)23-35(44-37(49)34-24-29-9-7-8-10-30(29)25-42-34)38(50)45-21-19-40(20-22-45)39(51)46(27-47(40)33-13-5-2-6-14-33)26-36(48)43-32-11-3-1-4-12-32/h1-18,34-35,42H,19-27H2,(H,43,48)(H,44,49)/t34-,35-/m1/s1. The van der Waals surface area contributed by atoms with Crippen molar-refractivity contribution >= 4 is 46.6 Å². The molecule has 7 rings (SSSR count). The summed E-state index contributed by atoms with van der Waals surface area (Å²) in [6.45, 7) is 1.39. The average Bonchev–Trinajstić information content (AvgIpc) is 3.41. The summed E-state index contributed by atoms with van der Waals surface area (Å²) in [5.41, 5.74) is 3.79. The first-order valence-corrected chi connectivity index (χ1v) is 17.8. The van der Waals surface area contributed by atoms with E-state index in [-0.39, 0.29) is 36.8 Å². The molecule has 11 heteroatoms. The molecule has 2 fully saturated rings. The van der Waals surface area contributed by atoms with Crippen LogP contribution >= 0.6 is 11.6 Å².